The lowest BCUT2D eigenvalue weighted by Crippen LogP contribution is -2.39. The molecule has 0 aromatic carbocycles. The molecule has 1 heterocycles. The van der Waals surface area contributed by atoms with Gasteiger partial charge in [-0.2, -0.15) is 0 Å². The van der Waals surface area contributed by atoms with Crippen molar-refractivity contribution >= 4 is 0 Å². The molecule has 2 aliphatic rings. The van der Waals surface area contributed by atoms with Crippen LogP contribution in [0.3, 0.4) is 0 Å². The Morgan fingerprint density at radius 2 is 2.00 bits per heavy atom. The van der Waals surface area contributed by atoms with E-state index < -0.39 is 0 Å². The van der Waals surface area contributed by atoms with Crippen LogP contribution >= 0.6 is 0 Å². The second-order valence-corrected chi connectivity index (χ2v) is 6.42. The van der Waals surface area contributed by atoms with Gasteiger partial charge >= 0.3 is 0 Å². The third-order valence-electron chi connectivity index (χ3n) is 5.12. The summed E-state index contributed by atoms with van der Waals surface area (Å²) >= 11 is 0. The van der Waals surface area contributed by atoms with Crippen molar-refractivity contribution in [2.75, 3.05) is 6.54 Å². The van der Waals surface area contributed by atoms with Crippen LogP contribution in [0.4, 0.5) is 0 Å². The SMILES string of the molecule is c1cn(CCCNC2CCC3CCCCC3C2)cn1. The van der Waals surface area contributed by atoms with Gasteiger partial charge in [-0.3, -0.25) is 0 Å². The van der Waals surface area contributed by atoms with Gasteiger partial charge in [-0.25, -0.2) is 4.98 Å². The third-order valence-corrected chi connectivity index (χ3v) is 5.12. The molecule has 1 aromatic rings. The Morgan fingerprint density at radius 3 is 2.84 bits per heavy atom. The van der Waals surface area contributed by atoms with E-state index in [0.717, 1.165) is 31.0 Å². The van der Waals surface area contributed by atoms with Crippen LogP contribution in [-0.2, 0) is 6.54 Å². The van der Waals surface area contributed by atoms with E-state index in [0.29, 0.717) is 0 Å². The van der Waals surface area contributed by atoms with Crippen molar-refractivity contribution in [1.29, 1.82) is 0 Å². The second kappa shape index (κ2) is 6.56. The van der Waals surface area contributed by atoms with Gasteiger partial charge in [0.05, 0.1) is 6.33 Å². The molecule has 2 fully saturated rings. The maximum Gasteiger partial charge on any atom is 0.0945 e. The normalized spacial score (nSPS) is 31.1. The molecule has 2 aliphatic carbocycles. The van der Waals surface area contributed by atoms with Crippen LogP contribution in [0.2, 0.25) is 0 Å². The largest absolute Gasteiger partial charge is 0.337 e. The summed E-state index contributed by atoms with van der Waals surface area (Å²) in [5.74, 6) is 2.10. The zero-order chi connectivity index (χ0) is 12.9. The minimum Gasteiger partial charge on any atom is -0.337 e. The number of nitrogens with one attached hydrogen (secondary N) is 1. The van der Waals surface area contributed by atoms with Gasteiger partial charge in [0, 0.05) is 25.0 Å². The van der Waals surface area contributed by atoms with Gasteiger partial charge in [-0.1, -0.05) is 25.7 Å². The fourth-order valence-electron chi connectivity index (χ4n) is 4.05. The lowest BCUT2D eigenvalue weighted by molar-refractivity contribution is 0.143. The molecular weight excluding hydrogens is 234 g/mol. The lowest BCUT2D eigenvalue weighted by Gasteiger charge is -2.39. The van der Waals surface area contributed by atoms with Crippen LogP contribution in [0.25, 0.3) is 0 Å². The van der Waals surface area contributed by atoms with E-state index >= 15 is 0 Å². The quantitative estimate of drug-likeness (QED) is 0.825. The Hall–Kier alpha value is -0.830. The average molecular weight is 261 g/mol. The summed E-state index contributed by atoms with van der Waals surface area (Å²) in [5.41, 5.74) is 0. The Balaban J connectivity index is 1.34. The van der Waals surface area contributed by atoms with Gasteiger partial charge < -0.3 is 9.88 Å². The maximum absolute atomic E-state index is 4.08. The fraction of sp³-hybridized carbons (Fsp3) is 0.812. The number of nitrogens with zero attached hydrogens (tertiary/aromatic N) is 2. The van der Waals surface area contributed by atoms with Gasteiger partial charge in [-0.05, 0) is 44.1 Å². The first kappa shape index (κ1) is 13.2. The molecule has 19 heavy (non-hydrogen) atoms. The average Bonchev–Trinajstić information content (AvgIpc) is 2.97. The number of hydrogen-bond acceptors (Lipinski definition) is 2. The van der Waals surface area contributed by atoms with E-state index in [1.165, 1.54) is 51.4 Å². The fourth-order valence-corrected chi connectivity index (χ4v) is 4.05. The van der Waals surface area contributed by atoms with E-state index in [9.17, 15) is 0 Å². The highest BCUT2D eigenvalue weighted by Crippen LogP contribution is 2.40. The van der Waals surface area contributed by atoms with Crippen LogP contribution in [0.15, 0.2) is 18.7 Å². The molecule has 2 saturated carbocycles. The number of fused-ring (bicyclic) bond motifs is 1. The molecule has 3 unspecified atom stereocenters. The van der Waals surface area contributed by atoms with Crippen molar-refractivity contribution in [3.8, 4) is 0 Å². The van der Waals surface area contributed by atoms with Gasteiger partial charge in [-0.15, -0.1) is 0 Å². The summed E-state index contributed by atoms with van der Waals surface area (Å²) in [6.45, 7) is 2.24. The third kappa shape index (κ3) is 3.59. The monoisotopic (exact) mass is 261 g/mol. The molecule has 0 bridgehead atoms. The molecule has 0 aliphatic heterocycles. The number of hydrogen-bond donors (Lipinski definition) is 1. The molecule has 1 aromatic heterocycles. The van der Waals surface area contributed by atoms with Crippen molar-refractivity contribution in [2.24, 2.45) is 11.8 Å². The van der Waals surface area contributed by atoms with E-state index in [2.05, 4.69) is 14.9 Å². The van der Waals surface area contributed by atoms with E-state index in [4.69, 9.17) is 0 Å². The topological polar surface area (TPSA) is 29.9 Å². The molecule has 0 amide bonds. The van der Waals surface area contributed by atoms with E-state index in [-0.39, 0.29) is 0 Å². The minimum atomic E-state index is 0.794. The Labute approximate surface area is 116 Å². The van der Waals surface area contributed by atoms with Gasteiger partial charge in [0.1, 0.15) is 0 Å². The van der Waals surface area contributed by atoms with Crippen LogP contribution < -0.4 is 5.32 Å². The predicted octanol–water partition coefficient (Wildman–Crippen LogP) is 3.22. The van der Waals surface area contributed by atoms with Gasteiger partial charge in [0.25, 0.3) is 0 Å². The number of aromatic nitrogens is 2. The Bertz CT molecular complexity index is 360. The summed E-state index contributed by atoms with van der Waals surface area (Å²) in [4.78, 5) is 4.08. The van der Waals surface area contributed by atoms with Crippen molar-refractivity contribution < 1.29 is 0 Å². The first-order valence-corrected chi connectivity index (χ1v) is 8.11. The molecule has 106 valence electrons. The summed E-state index contributed by atoms with van der Waals surface area (Å²) in [6.07, 6.45) is 17.3. The molecule has 1 N–H and O–H groups in total. The molecule has 0 spiro atoms. The first-order chi connectivity index (χ1) is 9.42. The van der Waals surface area contributed by atoms with E-state index in [1.54, 1.807) is 0 Å². The van der Waals surface area contributed by atoms with Crippen molar-refractivity contribution in [1.82, 2.24) is 14.9 Å². The molecule has 3 atom stereocenters. The predicted molar refractivity (Wildman–Crippen MR) is 77.9 cm³/mol. The Kier molecular flexibility index (Phi) is 4.54. The summed E-state index contributed by atoms with van der Waals surface area (Å²) in [7, 11) is 0. The highest BCUT2D eigenvalue weighted by Gasteiger charge is 2.31. The van der Waals surface area contributed by atoms with Crippen LogP contribution in [0.5, 0.6) is 0 Å². The van der Waals surface area contributed by atoms with Crippen LogP contribution in [-0.4, -0.2) is 22.1 Å². The number of aryl methyl sites for hydroxylation is 1. The minimum absolute atomic E-state index is 0.794. The zero-order valence-corrected chi connectivity index (χ0v) is 11.9. The van der Waals surface area contributed by atoms with Crippen LogP contribution in [0, 0.1) is 11.8 Å². The van der Waals surface area contributed by atoms with Crippen LogP contribution in [0.1, 0.15) is 51.4 Å². The zero-order valence-electron chi connectivity index (χ0n) is 11.9. The molecule has 0 radical (unpaired) electrons. The van der Waals surface area contributed by atoms with E-state index in [1.807, 2.05) is 18.7 Å². The van der Waals surface area contributed by atoms with Crippen molar-refractivity contribution in [3.63, 3.8) is 0 Å². The maximum atomic E-state index is 4.08. The standard InChI is InChI=1S/C16H27N3/c1-2-5-15-12-16(7-6-14(15)4-1)18-8-3-10-19-11-9-17-13-19/h9,11,13-16,18H,1-8,10,12H2. The summed E-state index contributed by atoms with van der Waals surface area (Å²) in [5, 5.41) is 3.78. The molecular formula is C16H27N3. The van der Waals surface area contributed by atoms with Crippen molar-refractivity contribution in [2.45, 2.75) is 64.0 Å². The highest BCUT2D eigenvalue weighted by atomic mass is 15.0. The summed E-state index contributed by atoms with van der Waals surface area (Å²) in [6, 6.07) is 0.794. The number of imidazole rings is 1. The molecule has 3 heteroatoms. The molecule has 0 saturated heterocycles. The lowest BCUT2D eigenvalue weighted by atomic mass is 9.69. The van der Waals surface area contributed by atoms with Gasteiger partial charge in [0.15, 0.2) is 0 Å². The second-order valence-electron chi connectivity index (χ2n) is 6.42. The smallest absolute Gasteiger partial charge is 0.0945 e. The Morgan fingerprint density at radius 1 is 1.11 bits per heavy atom. The first-order valence-electron chi connectivity index (χ1n) is 8.11. The highest BCUT2D eigenvalue weighted by molar-refractivity contribution is 4.86. The number of rotatable bonds is 5. The molecule has 3 nitrogen and oxygen atoms in total. The van der Waals surface area contributed by atoms with Gasteiger partial charge in [0.2, 0.25) is 0 Å². The summed E-state index contributed by atoms with van der Waals surface area (Å²) < 4.78 is 2.17. The van der Waals surface area contributed by atoms with Crippen molar-refractivity contribution in [3.05, 3.63) is 18.7 Å². The molecule has 3 rings (SSSR count).